The van der Waals surface area contributed by atoms with E-state index in [1.165, 1.54) is 21.6 Å². The minimum Gasteiger partial charge on any atom is -0.477 e. The second-order valence-electron chi connectivity index (χ2n) is 9.96. The molecule has 15 heteroatoms. The van der Waals surface area contributed by atoms with E-state index in [-0.39, 0.29) is 66.2 Å². The van der Waals surface area contributed by atoms with Gasteiger partial charge < -0.3 is 47.8 Å². The number of amides is 3. The summed E-state index contributed by atoms with van der Waals surface area (Å²) in [5, 5.41) is 25.9. The van der Waals surface area contributed by atoms with E-state index in [0.29, 0.717) is 17.9 Å². The van der Waals surface area contributed by atoms with E-state index in [4.69, 9.17) is 17.2 Å². The van der Waals surface area contributed by atoms with Gasteiger partial charge in [-0.05, 0) is 13.3 Å². The maximum atomic E-state index is 13.1. The number of nitrogens with one attached hydrogen (secondary N) is 2. The molecule has 0 aliphatic carbocycles. The molecule has 4 aliphatic rings. The van der Waals surface area contributed by atoms with Crippen molar-refractivity contribution in [2.45, 2.75) is 55.8 Å². The number of guanidine groups is 1. The number of hydrogen-bond donors (Lipinski definition) is 7. The maximum absolute atomic E-state index is 13.1. The van der Waals surface area contributed by atoms with E-state index < -0.39 is 36.1 Å². The maximum Gasteiger partial charge on any atom is 0.353 e. The van der Waals surface area contributed by atoms with E-state index in [1.54, 1.807) is 6.92 Å². The lowest BCUT2D eigenvalue weighted by Gasteiger charge is -2.47. The number of β-lactam (4-membered cyclic amide) rings is 1. The molecule has 0 unspecified atom stereocenters. The van der Waals surface area contributed by atoms with Crippen molar-refractivity contribution in [3.05, 3.63) is 10.6 Å². The van der Waals surface area contributed by atoms with Gasteiger partial charge in [0.1, 0.15) is 5.70 Å². The first-order chi connectivity index (χ1) is 17.4. The first-order valence-electron chi connectivity index (χ1n) is 12.2. The van der Waals surface area contributed by atoms with Crippen LogP contribution in [0.2, 0.25) is 0 Å². The molecule has 0 aromatic carbocycles. The Kier molecular flexibility index (Phi) is 7.69. The topological polar surface area (TPSA) is 230 Å². The molecule has 8 atom stereocenters. The lowest BCUT2D eigenvalue weighted by Crippen LogP contribution is -2.66. The molecule has 0 saturated carbocycles. The van der Waals surface area contributed by atoms with Crippen LogP contribution in [-0.2, 0) is 19.2 Å². The zero-order valence-corrected chi connectivity index (χ0v) is 21.5. The number of aliphatic imine (C=N–C) groups is 1. The van der Waals surface area contributed by atoms with Crippen LogP contribution in [0.1, 0.15) is 20.3 Å². The van der Waals surface area contributed by atoms with Crippen molar-refractivity contribution in [3.8, 4) is 0 Å². The van der Waals surface area contributed by atoms with Gasteiger partial charge in [0, 0.05) is 41.7 Å². The van der Waals surface area contributed by atoms with E-state index in [1.807, 2.05) is 6.92 Å². The van der Waals surface area contributed by atoms with Crippen LogP contribution in [0, 0.1) is 11.8 Å². The van der Waals surface area contributed by atoms with Gasteiger partial charge in [-0.3, -0.25) is 14.4 Å². The Hall–Kier alpha value is -2.88. The molecular weight excluding hydrogens is 504 g/mol. The number of carboxylic acids is 1. The molecule has 3 fully saturated rings. The van der Waals surface area contributed by atoms with Crippen molar-refractivity contribution in [2.24, 2.45) is 34.0 Å². The molecule has 37 heavy (non-hydrogen) atoms. The molecule has 10 N–H and O–H groups in total. The Morgan fingerprint density at radius 2 is 2.00 bits per heavy atom. The summed E-state index contributed by atoms with van der Waals surface area (Å²) < 4.78 is 0. The molecule has 204 valence electrons. The van der Waals surface area contributed by atoms with Crippen molar-refractivity contribution >= 4 is 41.4 Å². The van der Waals surface area contributed by atoms with Gasteiger partial charge in [-0.1, -0.05) is 6.92 Å². The van der Waals surface area contributed by atoms with E-state index in [9.17, 15) is 29.4 Å². The van der Waals surface area contributed by atoms with Crippen molar-refractivity contribution in [1.29, 1.82) is 0 Å². The molecule has 0 spiro atoms. The third-order valence-electron chi connectivity index (χ3n) is 7.47. The molecular formula is C22H34N8O6S. The Morgan fingerprint density at radius 1 is 1.30 bits per heavy atom. The standard InChI is InChI=1S/C22H34N8O6S/c1-8-16-15(9(2)27-14(32)4-23)20(34)30(16)17(21(35)36)18(8)37-10-3-11(26-5-10)19(33)29-6-12(13(31)7-29)28-22(24)25/h8-13,15-16,26,31H,3-7,23H2,1-2H3,(H,27,32)(H,35,36)(H4,24,25,28)/t8-,9-,10+,11+,12-,13-,15-,16-/m1/s1. The van der Waals surface area contributed by atoms with Gasteiger partial charge in [-0.15, -0.1) is 11.8 Å². The molecule has 14 nitrogen and oxygen atoms in total. The fourth-order valence-corrected chi connectivity index (χ4v) is 7.23. The molecule has 0 aromatic heterocycles. The fraction of sp³-hybridized carbons (Fsp3) is 0.682. The quantitative estimate of drug-likeness (QED) is 0.0911. The average molecular weight is 539 g/mol. The van der Waals surface area contributed by atoms with Gasteiger partial charge in [-0.25, -0.2) is 9.79 Å². The number of hydrogen-bond acceptors (Lipinski definition) is 9. The third kappa shape index (κ3) is 5.00. The van der Waals surface area contributed by atoms with Gasteiger partial charge in [-0.2, -0.15) is 0 Å². The summed E-state index contributed by atoms with van der Waals surface area (Å²) in [5.74, 6) is -3.02. The van der Waals surface area contributed by atoms with Crippen LogP contribution in [0.4, 0.5) is 0 Å². The monoisotopic (exact) mass is 538 g/mol. The minimum atomic E-state index is -1.18. The Bertz CT molecular complexity index is 1050. The molecule has 0 radical (unpaired) electrons. The number of aliphatic carboxylic acids is 1. The van der Waals surface area contributed by atoms with Gasteiger partial charge >= 0.3 is 5.97 Å². The van der Waals surface area contributed by atoms with E-state index in [2.05, 4.69) is 15.6 Å². The first-order valence-corrected chi connectivity index (χ1v) is 13.1. The highest BCUT2D eigenvalue weighted by Crippen LogP contribution is 2.51. The molecule has 0 aromatic rings. The normalized spacial score (nSPS) is 33.7. The second-order valence-corrected chi connectivity index (χ2v) is 11.3. The largest absolute Gasteiger partial charge is 0.477 e. The van der Waals surface area contributed by atoms with Crippen molar-refractivity contribution in [1.82, 2.24) is 20.4 Å². The molecule has 4 heterocycles. The lowest BCUT2D eigenvalue weighted by atomic mass is 9.78. The summed E-state index contributed by atoms with van der Waals surface area (Å²) in [4.78, 5) is 57.3. The Morgan fingerprint density at radius 3 is 2.62 bits per heavy atom. The number of fused-ring (bicyclic) bond motifs is 1. The van der Waals surface area contributed by atoms with Crippen LogP contribution >= 0.6 is 11.8 Å². The average Bonchev–Trinajstić information content (AvgIpc) is 3.50. The van der Waals surface area contributed by atoms with Gasteiger partial charge in [0.25, 0.3) is 0 Å². The number of carbonyl (C=O) groups excluding carboxylic acids is 3. The number of nitrogens with zero attached hydrogens (tertiary/aromatic N) is 3. The number of likely N-dealkylation sites (tertiary alicyclic amines) is 1. The third-order valence-corrected chi connectivity index (χ3v) is 8.98. The highest BCUT2D eigenvalue weighted by atomic mass is 32.2. The SMILES string of the molecule is C[C@@H](NC(=O)CN)[C@H]1C(=O)N2C(C(=O)O)=C(S[C@@H]3CN[C@H](C(=O)N4C[C@@H](O)[C@H](N=C(N)N)C4)C3)[C@H](C)[C@H]12. The van der Waals surface area contributed by atoms with Crippen LogP contribution in [-0.4, -0.2) is 111 Å². The molecule has 3 amide bonds. The zero-order valence-electron chi connectivity index (χ0n) is 20.7. The highest BCUT2D eigenvalue weighted by Gasteiger charge is 2.60. The Labute approximate surface area is 218 Å². The summed E-state index contributed by atoms with van der Waals surface area (Å²) in [7, 11) is 0. The number of aliphatic hydroxyl groups excluding tert-OH is 1. The summed E-state index contributed by atoms with van der Waals surface area (Å²) in [5.41, 5.74) is 16.2. The zero-order chi connectivity index (χ0) is 27.2. The Balaban J connectivity index is 1.42. The van der Waals surface area contributed by atoms with Crippen LogP contribution in [0.3, 0.4) is 0 Å². The minimum absolute atomic E-state index is 0.0291. The van der Waals surface area contributed by atoms with Gasteiger partial charge in [0.2, 0.25) is 17.7 Å². The number of β-amino-alcohol motifs (C(OH)–C–C–N with tert-alkyl or cyclic N) is 1. The predicted octanol–water partition coefficient (Wildman–Crippen LogP) is -3.47. The van der Waals surface area contributed by atoms with Crippen molar-refractivity contribution in [2.75, 3.05) is 26.2 Å². The molecule has 3 saturated heterocycles. The van der Waals surface area contributed by atoms with Crippen LogP contribution in [0.15, 0.2) is 15.6 Å². The van der Waals surface area contributed by atoms with Crippen LogP contribution in [0.5, 0.6) is 0 Å². The molecule has 0 bridgehead atoms. The van der Waals surface area contributed by atoms with E-state index >= 15 is 0 Å². The van der Waals surface area contributed by atoms with Gasteiger partial charge in [0.15, 0.2) is 5.96 Å². The predicted molar refractivity (Wildman–Crippen MR) is 135 cm³/mol. The number of nitrogens with two attached hydrogens (primary N) is 3. The molecule has 4 aliphatic heterocycles. The number of thioether (sulfide) groups is 1. The number of rotatable bonds is 8. The lowest BCUT2D eigenvalue weighted by molar-refractivity contribution is -0.158. The highest BCUT2D eigenvalue weighted by molar-refractivity contribution is 8.03. The van der Waals surface area contributed by atoms with Crippen LogP contribution < -0.4 is 27.8 Å². The first kappa shape index (κ1) is 27.2. The second kappa shape index (κ2) is 10.5. The number of carbonyl (C=O) groups is 4. The summed E-state index contributed by atoms with van der Waals surface area (Å²) >= 11 is 1.37. The van der Waals surface area contributed by atoms with Crippen LogP contribution in [0.25, 0.3) is 0 Å². The number of aliphatic hydroxyl groups is 1. The molecule has 4 rings (SSSR count). The van der Waals surface area contributed by atoms with Crippen molar-refractivity contribution < 1.29 is 29.4 Å². The smallest absolute Gasteiger partial charge is 0.353 e. The van der Waals surface area contributed by atoms with Gasteiger partial charge in [0.05, 0.1) is 36.7 Å². The van der Waals surface area contributed by atoms with E-state index in [0.717, 1.165) is 0 Å². The van der Waals surface area contributed by atoms with Crippen molar-refractivity contribution in [3.63, 3.8) is 0 Å². The number of carboxylic acid groups (broad SMARTS) is 1. The summed E-state index contributed by atoms with van der Waals surface area (Å²) in [6.45, 7) is 4.21. The summed E-state index contributed by atoms with van der Waals surface area (Å²) in [6, 6.07) is -1.93. The summed E-state index contributed by atoms with van der Waals surface area (Å²) in [6.07, 6.45) is -0.399. The fourth-order valence-electron chi connectivity index (χ4n) is 5.75.